The average molecular weight is 344 g/mol. The topological polar surface area (TPSA) is 17.8 Å². The Bertz CT molecular complexity index is 765. The summed E-state index contributed by atoms with van der Waals surface area (Å²) in [5, 5.41) is 1.04. The van der Waals surface area contributed by atoms with Gasteiger partial charge in [-0.1, -0.05) is 11.6 Å². The Labute approximate surface area is 120 Å². The van der Waals surface area contributed by atoms with Gasteiger partial charge in [0, 0.05) is 22.9 Å². The van der Waals surface area contributed by atoms with Crippen molar-refractivity contribution in [3.8, 4) is 5.69 Å². The molecule has 3 rings (SSSR count). The summed E-state index contributed by atoms with van der Waals surface area (Å²) in [6, 6.07) is 5.07. The zero-order chi connectivity index (χ0) is 13.6. The molecule has 0 bridgehead atoms. The number of benzene rings is 1. The first-order chi connectivity index (χ1) is 9.06. The number of rotatable bonds is 1. The fourth-order valence-electron chi connectivity index (χ4n) is 1.99. The van der Waals surface area contributed by atoms with Gasteiger partial charge in [-0.2, -0.15) is 0 Å². The maximum absolute atomic E-state index is 13.3. The minimum Gasteiger partial charge on any atom is -0.315 e. The number of halogens is 4. The van der Waals surface area contributed by atoms with Crippen molar-refractivity contribution in [1.29, 1.82) is 0 Å². The molecule has 2 heterocycles. The first-order valence-corrected chi connectivity index (χ1v) is 6.51. The normalized spacial score (nSPS) is 11.2. The summed E-state index contributed by atoms with van der Waals surface area (Å²) < 4.78 is 29.0. The first kappa shape index (κ1) is 12.6. The maximum Gasteiger partial charge on any atom is 0.139 e. The Hall–Kier alpha value is -1.46. The Balaban J connectivity index is 2.34. The van der Waals surface area contributed by atoms with E-state index in [9.17, 15) is 8.78 Å². The number of hydrogen-bond donors (Lipinski definition) is 0. The molecule has 2 nitrogen and oxygen atoms in total. The maximum atomic E-state index is 13.3. The molecule has 2 aromatic heterocycles. The monoisotopic (exact) mass is 342 g/mol. The third-order valence-electron chi connectivity index (χ3n) is 2.75. The van der Waals surface area contributed by atoms with Crippen LogP contribution in [0.2, 0.25) is 5.15 Å². The lowest BCUT2D eigenvalue weighted by molar-refractivity contribution is 0.582. The molecule has 0 radical (unpaired) electrons. The molecule has 0 N–H and O–H groups in total. The van der Waals surface area contributed by atoms with Crippen LogP contribution in [0.5, 0.6) is 0 Å². The molecule has 6 heteroatoms. The Morgan fingerprint density at radius 2 is 1.84 bits per heavy atom. The summed E-state index contributed by atoms with van der Waals surface area (Å²) in [6.45, 7) is 0. The summed E-state index contributed by atoms with van der Waals surface area (Å²) in [7, 11) is 0. The molecule has 0 saturated heterocycles. The fraction of sp³-hybridized carbons (Fsp3) is 0. The van der Waals surface area contributed by atoms with Crippen LogP contribution in [0, 0.1) is 11.6 Å². The van der Waals surface area contributed by atoms with Crippen molar-refractivity contribution in [2.45, 2.75) is 0 Å². The molecule has 0 spiro atoms. The highest BCUT2D eigenvalue weighted by atomic mass is 79.9. The Morgan fingerprint density at radius 3 is 2.53 bits per heavy atom. The standard InChI is InChI=1S/C13H6BrClF2N2/c14-10-6-19(9-4-7(16)3-8(17)5-9)11-1-2-18-13(15)12(10)11/h1-6H. The van der Waals surface area contributed by atoms with E-state index in [-0.39, 0.29) is 0 Å². The smallest absolute Gasteiger partial charge is 0.139 e. The van der Waals surface area contributed by atoms with Crippen molar-refractivity contribution in [1.82, 2.24) is 9.55 Å². The van der Waals surface area contributed by atoms with Crippen LogP contribution in [0.3, 0.4) is 0 Å². The van der Waals surface area contributed by atoms with Gasteiger partial charge in [0.2, 0.25) is 0 Å². The van der Waals surface area contributed by atoms with Gasteiger partial charge in [-0.3, -0.25) is 0 Å². The van der Waals surface area contributed by atoms with E-state index in [0.717, 1.165) is 11.6 Å². The number of hydrogen-bond acceptors (Lipinski definition) is 1. The van der Waals surface area contributed by atoms with Gasteiger partial charge in [-0.25, -0.2) is 13.8 Å². The van der Waals surface area contributed by atoms with E-state index in [2.05, 4.69) is 20.9 Å². The third-order valence-corrected chi connectivity index (χ3v) is 3.64. The van der Waals surface area contributed by atoms with Crippen molar-refractivity contribution < 1.29 is 8.78 Å². The lowest BCUT2D eigenvalue weighted by Gasteiger charge is -2.05. The van der Waals surface area contributed by atoms with Gasteiger partial charge in [0.15, 0.2) is 0 Å². The predicted molar refractivity (Wildman–Crippen MR) is 73.7 cm³/mol. The molecule has 0 unspecified atom stereocenters. The van der Waals surface area contributed by atoms with Crippen LogP contribution in [-0.4, -0.2) is 9.55 Å². The average Bonchev–Trinajstić information content (AvgIpc) is 2.67. The molecule has 3 aromatic rings. The summed E-state index contributed by atoms with van der Waals surface area (Å²) in [5.41, 5.74) is 1.10. The van der Waals surface area contributed by atoms with E-state index >= 15 is 0 Å². The van der Waals surface area contributed by atoms with Gasteiger partial charge < -0.3 is 4.57 Å². The Morgan fingerprint density at radius 1 is 1.16 bits per heavy atom. The molecule has 0 aliphatic carbocycles. The lowest BCUT2D eigenvalue weighted by Crippen LogP contribution is -1.94. The van der Waals surface area contributed by atoms with Crippen LogP contribution in [-0.2, 0) is 0 Å². The van der Waals surface area contributed by atoms with E-state index in [0.29, 0.717) is 20.7 Å². The van der Waals surface area contributed by atoms with Gasteiger partial charge >= 0.3 is 0 Å². The zero-order valence-electron chi connectivity index (χ0n) is 9.37. The largest absolute Gasteiger partial charge is 0.315 e. The highest BCUT2D eigenvalue weighted by Gasteiger charge is 2.12. The van der Waals surface area contributed by atoms with E-state index in [1.54, 1.807) is 23.0 Å². The van der Waals surface area contributed by atoms with E-state index in [4.69, 9.17) is 11.6 Å². The fourth-order valence-corrected chi connectivity index (χ4v) is 2.95. The van der Waals surface area contributed by atoms with Crippen LogP contribution in [0.4, 0.5) is 8.78 Å². The Kier molecular flexibility index (Phi) is 3.03. The van der Waals surface area contributed by atoms with Crippen LogP contribution in [0.15, 0.2) is 41.1 Å². The van der Waals surface area contributed by atoms with Gasteiger partial charge in [0.1, 0.15) is 16.8 Å². The van der Waals surface area contributed by atoms with Gasteiger partial charge in [0.25, 0.3) is 0 Å². The summed E-state index contributed by atoms with van der Waals surface area (Å²) in [5.74, 6) is -1.26. The number of pyridine rings is 1. The molecule has 0 aliphatic heterocycles. The second-order valence-electron chi connectivity index (χ2n) is 3.97. The molecule has 0 saturated carbocycles. The summed E-state index contributed by atoms with van der Waals surface area (Å²) >= 11 is 9.39. The quantitative estimate of drug-likeness (QED) is 0.585. The van der Waals surface area contributed by atoms with Gasteiger partial charge in [-0.05, 0) is 34.1 Å². The second kappa shape index (κ2) is 4.58. The molecule has 96 valence electrons. The molecule has 1 aromatic carbocycles. The van der Waals surface area contributed by atoms with E-state index < -0.39 is 11.6 Å². The minimum atomic E-state index is -0.631. The van der Waals surface area contributed by atoms with E-state index in [1.807, 2.05) is 0 Å². The van der Waals surface area contributed by atoms with Crippen molar-refractivity contribution in [3.05, 3.63) is 57.9 Å². The molecule has 0 fully saturated rings. The van der Waals surface area contributed by atoms with Crippen LogP contribution >= 0.6 is 27.5 Å². The molecular formula is C13H6BrClF2N2. The molecule has 0 atom stereocenters. The number of nitrogens with zero attached hydrogens (tertiary/aromatic N) is 2. The number of aromatic nitrogens is 2. The molecule has 0 aliphatic rings. The first-order valence-electron chi connectivity index (χ1n) is 5.34. The lowest BCUT2D eigenvalue weighted by atomic mass is 10.3. The van der Waals surface area contributed by atoms with Crippen molar-refractivity contribution in [2.75, 3.05) is 0 Å². The predicted octanol–water partition coefficient (Wildman–Crippen LogP) is 4.72. The van der Waals surface area contributed by atoms with Crippen LogP contribution < -0.4 is 0 Å². The third kappa shape index (κ3) is 2.13. The van der Waals surface area contributed by atoms with Crippen molar-refractivity contribution in [2.24, 2.45) is 0 Å². The van der Waals surface area contributed by atoms with Gasteiger partial charge in [-0.15, -0.1) is 0 Å². The summed E-state index contributed by atoms with van der Waals surface area (Å²) in [6.07, 6.45) is 3.25. The highest BCUT2D eigenvalue weighted by Crippen LogP contribution is 2.33. The molecule has 0 amide bonds. The van der Waals surface area contributed by atoms with Crippen LogP contribution in [0.1, 0.15) is 0 Å². The second-order valence-corrected chi connectivity index (χ2v) is 5.18. The number of fused-ring (bicyclic) bond motifs is 1. The van der Waals surface area contributed by atoms with Crippen LogP contribution in [0.25, 0.3) is 16.6 Å². The zero-order valence-corrected chi connectivity index (χ0v) is 11.7. The molecular weight excluding hydrogens is 338 g/mol. The van der Waals surface area contributed by atoms with Gasteiger partial charge in [0.05, 0.1) is 16.6 Å². The molecule has 19 heavy (non-hydrogen) atoms. The van der Waals surface area contributed by atoms with E-state index in [1.165, 1.54) is 12.1 Å². The highest BCUT2D eigenvalue weighted by molar-refractivity contribution is 9.10. The minimum absolute atomic E-state index is 0.333. The summed E-state index contributed by atoms with van der Waals surface area (Å²) in [4.78, 5) is 3.98. The van der Waals surface area contributed by atoms with Crippen molar-refractivity contribution >= 4 is 38.4 Å². The SMILES string of the molecule is Fc1cc(F)cc(-n2cc(Br)c3c(Cl)nccc32)c1. The van der Waals surface area contributed by atoms with Crippen molar-refractivity contribution in [3.63, 3.8) is 0 Å².